The summed E-state index contributed by atoms with van der Waals surface area (Å²) in [4.78, 5) is 68.8. The van der Waals surface area contributed by atoms with E-state index in [1.54, 1.807) is 19.1 Å². The average molecular weight is 601 g/mol. The van der Waals surface area contributed by atoms with Gasteiger partial charge >= 0.3 is 6.09 Å². The minimum Gasteiger partial charge on any atom is -0.508 e. The Kier molecular flexibility index (Phi) is 6.28. The number of carbonyl (C=O) groups excluding carboxylic acids is 5. The van der Waals surface area contributed by atoms with Crippen molar-refractivity contribution in [2.45, 2.75) is 25.7 Å². The third-order valence-electron chi connectivity index (χ3n) is 9.09. The van der Waals surface area contributed by atoms with E-state index in [0.717, 1.165) is 18.1 Å². The SMILES string of the molecule is COC(=O)N1C(=O)[C@H]2[C@H](CC=C3[C@H]2C[C@H]2C(=O)N(c4ccc(F)c(Cl)c4)C(=O)[C@@]2(C)[C@H]3c2ccc(O)cc2Cl)C1=O. The quantitative estimate of drug-likeness (QED) is 0.387. The van der Waals surface area contributed by atoms with Crippen LogP contribution in [0, 0.1) is 34.9 Å². The standard InChI is InChI=1S/C29H23Cl2FN2O7/c1-29-18(25(37)33(27(29)39)12-3-8-21(32)20(31)9-12)11-17-14(23(29)15-5-4-13(35)10-19(15)30)6-7-16-22(17)26(38)34(24(16)36)28(40)41-2/h3-6,8-10,16-18,22-23,35H,7,11H2,1-2H3/t16-,17+,18-,22-,23+,29+/m0/s1. The summed E-state index contributed by atoms with van der Waals surface area (Å²) in [6.07, 6.45) is 0.879. The Hall–Kier alpha value is -3.76. The number of likely N-dealkylation sites (tertiary alicyclic amines) is 1. The first-order valence-corrected chi connectivity index (χ1v) is 13.6. The van der Waals surface area contributed by atoms with Crippen molar-refractivity contribution in [1.29, 1.82) is 0 Å². The molecule has 4 aliphatic rings. The molecule has 5 amide bonds. The third kappa shape index (κ3) is 3.69. The van der Waals surface area contributed by atoms with Gasteiger partial charge in [-0.3, -0.25) is 19.2 Å². The van der Waals surface area contributed by atoms with E-state index in [2.05, 4.69) is 4.74 Å². The fraction of sp³-hybridized carbons (Fsp3) is 0.345. The Bertz CT molecular complexity index is 1610. The van der Waals surface area contributed by atoms with E-state index in [1.165, 1.54) is 24.3 Å². The van der Waals surface area contributed by atoms with Gasteiger partial charge in [0, 0.05) is 10.9 Å². The molecule has 9 nitrogen and oxygen atoms in total. The predicted molar refractivity (Wildman–Crippen MR) is 143 cm³/mol. The number of phenolic OH excluding ortho intramolecular Hbond substituents is 1. The van der Waals surface area contributed by atoms with Gasteiger partial charge in [0.1, 0.15) is 11.6 Å². The molecule has 2 heterocycles. The highest BCUT2D eigenvalue weighted by Crippen LogP contribution is 2.64. The summed E-state index contributed by atoms with van der Waals surface area (Å²) in [5.74, 6) is -7.61. The molecule has 6 atom stereocenters. The predicted octanol–water partition coefficient (Wildman–Crippen LogP) is 4.84. The maximum atomic E-state index is 14.3. The van der Waals surface area contributed by atoms with Crippen molar-refractivity contribution in [3.8, 4) is 5.75 Å². The van der Waals surface area contributed by atoms with Gasteiger partial charge in [0.15, 0.2) is 0 Å². The molecule has 0 bridgehead atoms. The molecule has 1 N–H and O–H groups in total. The number of amides is 5. The number of carbonyl (C=O) groups is 5. The van der Waals surface area contributed by atoms with Crippen LogP contribution in [0.1, 0.15) is 31.2 Å². The second kappa shape index (κ2) is 9.39. The Morgan fingerprint density at radius 1 is 1.02 bits per heavy atom. The number of imide groups is 4. The monoisotopic (exact) mass is 600 g/mol. The van der Waals surface area contributed by atoms with Crippen LogP contribution in [0.3, 0.4) is 0 Å². The summed E-state index contributed by atoms with van der Waals surface area (Å²) in [6, 6.07) is 7.86. The molecule has 6 rings (SSSR count). The molecule has 2 saturated heterocycles. The van der Waals surface area contributed by atoms with Gasteiger partial charge < -0.3 is 9.84 Å². The van der Waals surface area contributed by atoms with Crippen molar-refractivity contribution in [2.75, 3.05) is 12.0 Å². The topological polar surface area (TPSA) is 121 Å². The Morgan fingerprint density at radius 3 is 2.41 bits per heavy atom. The molecule has 0 spiro atoms. The number of anilines is 1. The summed E-state index contributed by atoms with van der Waals surface area (Å²) in [6.45, 7) is 1.66. The summed E-state index contributed by atoms with van der Waals surface area (Å²) in [7, 11) is 1.07. The van der Waals surface area contributed by atoms with Crippen molar-refractivity contribution >= 4 is 58.6 Å². The van der Waals surface area contributed by atoms with E-state index in [0.29, 0.717) is 16.0 Å². The van der Waals surface area contributed by atoms with Crippen LogP contribution in [0.15, 0.2) is 48.0 Å². The molecular formula is C29H23Cl2FN2O7. The van der Waals surface area contributed by atoms with Gasteiger partial charge in [-0.2, -0.15) is 4.90 Å². The van der Waals surface area contributed by atoms with Gasteiger partial charge in [0.25, 0.3) is 0 Å². The van der Waals surface area contributed by atoms with E-state index in [4.69, 9.17) is 23.2 Å². The first-order valence-electron chi connectivity index (χ1n) is 12.9. The maximum Gasteiger partial charge on any atom is 0.423 e. The molecule has 212 valence electrons. The normalized spacial score (nSPS) is 30.7. The number of nitrogens with zero attached hydrogens (tertiary/aromatic N) is 2. The average Bonchev–Trinajstić information content (AvgIpc) is 3.30. The molecule has 2 aromatic carbocycles. The lowest BCUT2D eigenvalue weighted by molar-refractivity contribution is -0.138. The molecule has 2 aliphatic heterocycles. The molecule has 0 unspecified atom stereocenters. The minimum absolute atomic E-state index is 0.0414. The molecule has 1 saturated carbocycles. The number of halogens is 3. The van der Waals surface area contributed by atoms with Gasteiger partial charge in [0.2, 0.25) is 23.6 Å². The maximum absolute atomic E-state index is 14.3. The summed E-state index contributed by atoms with van der Waals surface area (Å²) in [5.41, 5.74) is -0.211. The van der Waals surface area contributed by atoms with E-state index < -0.39 is 70.5 Å². The second-order valence-electron chi connectivity index (χ2n) is 10.9. The fourth-order valence-electron chi connectivity index (χ4n) is 7.25. The third-order valence-corrected chi connectivity index (χ3v) is 9.71. The van der Waals surface area contributed by atoms with E-state index in [9.17, 15) is 33.5 Å². The Balaban J connectivity index is 1.53. The highest BCUT2D eigenvalue weighted by Gasteiger charge is 2.68. The van der Waals surface area contributed by atoms with Gasteiger partial charge in [-0.1, -0.05) is 40.9 Å². The molecule has 0 radical (unpaired) electrons. The van der Waals surface area contributed by atoms with Crippen LogP contribution in [-0.4, -0.2) is 46.8 Å². The number of fused-ring (bicyclic) bond motifs is 4. The lowest BCUT2D eigenvalue weighted by Crippen LogP contribution is -2.49. The van der Waals surface area contributed by atoms with Crippen molar-refractivity contribution in [2.24, 2.45) is 29.1 Å². The molecule has 3 fully saturated rings. The number of methoxy groups -OCH3 is 1. The van der Waals surface area contributed by atoms with Gasteiger partial charge in [-0.25, -0.2) is 14.1 Å². The molecule has 12 heteroatoms. The number of hydrogen-bond acceptors (Lipinski definition) is 7. The van der Waals surface area contributed by atoms with Gasteiger partial charge in [-0.15, -0.1) is 0 Å². The molecular weight excluding hydrogens is 578 g/mol. The van der Waals surface area contributed by atoms with Crippen LogP contribution in [-0.2, 0) is 23.9 Å². The molecule has 0 aromatic heterocycles. The van der Waals surface area contributed by atoms with Crippen LogP contribution in [0.5, 0.6) is 5.75 Å². The van der Waals surface area contributed by atoms with Crippen molar-refractivity contribution in [3.63, 3.8) is 0 Å². The zero-order chi connectivity index (χ0) is 29.5. The van der Waals surface area contributed by atoms with Crippen LogP contribution in [0.4, 0.5) is 14.9 Å². The van der Waals surface area contributed by atoms with E-state index in [1.807, 2.05) is 0 Å². The largest absolute Gasteiger partial charge is 0.508 e. The van der Waals surface area contributed by atoms with E-state index in [-0.39, 0.29) is 34.3 Å². The van der Waals surface area contributed by atoms with Crippen LogP contribution >= 0.6 is 23.2 Å². The molecule has 41 heavy (non-hydrogen) atoms. The fourth-order valence-corrected chi connectivity index (χ4v) is 7.71. The van der Waals surface area contributed by atoms with Crippen molar-refractivity contribution < 1.29 is 38.2 Å². The lowest BCUT2D eigenvalue weighted by atomic mass is 9.51. The Morgan fingerprint density at radius 2 is 1.76 bits per heavy atom. The summed E-state index contributed by atoms with van der Waals surface area (Å²) in [5, 5.41) is 9.92. The number of ether oxygens (including phenoxy) is 1. The van der Waals surface area contributed by atoms with Crippen molar-refractivity contribution in [1.82, 2.24) is 4.90 Å². The summed E-state index contributed by atoms with van der Waals surface area (Å²) >= 11 is 12.6. The smallest absolute Gasteiger partial charge is 0.423 e. The number of phenols is 1. The zero-order valence-corrected chi connectivity index (χ0v) is 23.3. The second-order valence-corrected chi connectivity index (χ2v) is 11.8. The first kappa shape index (κ1) is 27.4. The minimum atomic E-state index is -1.40. The van der Waals surface area contributed by atoms with Crippen LogP contribution < -0.4 is 4.90 Å². The van der Waals surface area contributed by atoms with Crippen LogP contribution in [0.25, 0.3) is 0 Å². The van der Waals surface area contributed by atoms with Crippen LogP contribution in [0.2, 0.25) is 10.0 Å². The highest BCUT2D eigenvalue weighted by atomic mass is 35.5. The molecule has 2 aliphatic carbocycles. The number of benzene rings is 2. The first-order chi connectivity index (χ1) is 19.4. The van der Waals surface area contributed by atoms with Gasteiger partial charge in [0.05, 0.1) is 41.0 Å². The number of rotatable bonds is 2. The lowest BCUT2D eigenvalue weighted by Gasteiger charge is -2.49. The number of aromatic hydroxyl groups is 1. The van der Waals surface area contributed by atoms with E-state index >= 15 is 0 Å². The summed E-state index contributed by atoms with van der Waals surface area (Å²) < 4.78 is 18.6. The van der Waals surface area contributed by atoms with Gasteiger partial charge in [-0.05, 0) is 61.6 Å². The van der Waals surface area contributed by atoms with Crippen molar-refractivity contribution in [3.05, 3.63) is 69.5 Å². The number of hydrogen-bond donors (Lipinski definition) is 1. The Labute approximate surface area is 243 Å². The molecule has 2 aromatic rings. The number of allylic oxidation sites excluding steroid dienone is 2. The zero-order valence-electron chi connectivity index (χ0n) is 21.8. The highest BCUT2D eigenvalue weighted by molar-refractivity contribution is 6.32.